The summed E-state index contributed by atoms with van der Waals surface area (Å²) in [6, 6.07) is 0. The minimum Gasteiger partial charge on any atom is -0.508 e. The van der Waals surface area contributed by atoms with Crippen LogP contribution in [0.1, 0.15) is 19.8 Å². The van der Waals surface area contributed by atoms with Crippen molar-refractivity contribution in [3.05, 3.63) is 0 Å². The number of hydrogen-bond acceptors (Lipinski definition) is 8. The van der Waals surface area contributed by atoms with Gasteiger partial charge in [0.1, 0.15) is 5.54 Å². The average molecular weight is 329 g/mol. The Balaban J connectivity index is 2.15. The standard InChI is InChI=1S/C13H24BN3O6/c1-2-22-14-5-3-4-9-6-17(10(19)13(16,21)8-18)7-12(9,15)11(20)23-14/h9,18,21H,2-8,15-16H2,1H3/t9-,12-,13?/m0/s1. The molecular formula is C13H24BN3O6. The van der Waals surface area contributed by atoms with Crippen molar-refractivity contribution in [2.24, 2.45) is 17.4 Å². The van der Waals surface area contributed by atoms with E-state index in [1.165, 1.54) is 4.90 Å². The van der Waals surface area contributed by atoms with Crippen LogP contribution in [0.4, 0.5) is 0 Å². The molecule has 0 radical (unpaired) electrons. The van der Waals surface area contributed by atoms with Crippen molar-refractivity contribution < 1.29 is 29.1 Å². The van der Waals surface area contributed by atoms with Gasteiger partial charge in [0.15, 0.2) is 0 Å². The first-order valence-corrected chi connectivity index (χ1v) is 7.77. The predicted octanol–water partition coefficient (Wildman–Crippen LogP) is -2.36. The van der Waals surface area contributed by atoms with Gasteiger partial charge in [-0.2, -0.15) is 0 Å². The van der Waals surface area contributed by atoms with Gasteiger partial charge in [0.25, 0.3) is 5.91 Å². The third-order valence-corrected chi connectivity index (χ3v) is 4.48. The minimum absolute atomic E-state index is 0.117. The lowest BCUT2D eigenvalue weighted by Crippen LogP contribution is -2.60. The number of amides is 1. The fraction of sp³-hybridized carbons (Fsp3) is 0.846. The van der Waals surface area contributed by atoms with E-state index in [1.807, 2.05) is 0 Å². The number of rotatable bonds is 4. The highest BCUT2D eigenvalue weighted by atomic mass is 16.6. The third-order valence-electron chi connectivity index (χ3n) is 4.48. The lowest BCUT2D eigenvalue weighted by atomic mass is 9.74. The monoisotopic (exact) mass is 329 g/mol. The molecule has 23 heavy (non-hydrogen) atoms. The Morgan fingerprint density at radius 3 is 2.96 bits per heavy atom. The van der Waals surface area contributed by atoms with E-state index in [9.17, 15) is 14.7 Å². The molecule has 0 saturated carbocycles. The summed E-state index contributed by atoms with van der Waals surface area (Å²) < 4.78 is 10.7. The smallest absolute Gasteiger partial charge is 0.508 e. The Labute approximate surface area is 135 Å². The molecule has 1 amide bonds. The number of aliphatic hydroxyl groups excluding tert-OH is 1. The summed E-state index contributed by atoms with van der Waals surface area (Å²) in [5, 5.41) is 18.7. The largest absolute Gasteiger partial charge is 0.527 e. The van der Waals surface area contributed by atoms with Gasteiger partial charge in [0.05, 0.1) is 6.61 Å². The maximum absolute atomic E-state index is 12.4. The number of nitrogens with zero attached hydrogens (tertiary/aromatic N) is 1. The Bertz CT molecular complexity index is 477. The fourth-order valence-electron chi connectivity index (χ4n) is 3.14. The zero-order valence-corrected chi connectivity index (χ0v) is 13.2. The number of likely N-dealkylation sites (tertiary alicyclic amines) is 1. The number of carbonyl (C=O) groups is 2. The van der Waals surface area contributed by atoms with Crippen molar-refractivity contribution in [3.8, 4) is 0 Å². The van der Waals surface area contributed by atoms with Gasteiger partial charge >= 0.3 is 13.1 Å². The van der Waals surface area contributed by atoms with E-state index in [2.05, 4.69) is 0 Å². The van der Waals surface area contributed by atoms with Crippen LogP contribution < -0.4 is 11.5 Å². The van der Waals surface area contributed by atoms with Crippen LogP contribution in [0.2, 0.25) is 6.32 Å². The molecule has 2 rings (SSSR count). The summed E-state index contributed by atoms with van der Waals surface area (Å²) in [5.74, 6) is -1.78. The Morgan fingerprint density at radius 2 is 2.35 bits per heavy atom. The molecule has 2 heterocycles. The van der Waals surface area contributed by atoms with Crippen molar-refractivity contribution in [1.82, 2.24) is 4.90 Å². The number of fused-ring (bicyclic) bond motifs is 1. The normalized spacial score (nSPS) is 31.0. The molecule has 130 valence electrons. The first-order valence-electron chi connectivity index (χ1n) is 7.77. The molecule has 0 bridgehead atoms. The molecule has 0 spiro atoms. The van der Waals surface area contributed by atoms with Crippen LogP contribution in [0.5, 0.6) is 0 Å². The number of carbonyl (C=O) groups excluding carboxylic acids is 2. The van der Waals surface area contributed by atoms with Crippen LogP contribution in [-0.4, -0.2) is 71.7 Å². The van der Waals surface area contributed by atoms with Crippen LogP contribution in [-0.2, 0) is 18.9 Å². The molecule has 10 heteroatoms. The summed E-state index contributed by atoms with van der Waals surface area (Å²) >= 11 is 0. The van der Waals surface area contributed by atoms with Gasteiger partial charge in [0.2, 0.25) is 5.72 Å². The second-order valence-corrected chi connectivity index (χ2v) is 6.23. The maximum atomic E-state index is 12.4. The molecule has 2 saturated heterocycles. The zero-order chi connectivity index (χ0) is 17.3. The second kappa shape index (κ2) is 6.74. The van der Waals surface area contributed by atoms with Gasteiger partial charge in [-0.05, 0) is 19.7 Å². The van der Waals surface area contributed by atoms with Crippen LogP contribution in [0, 0.1) is 5.92 Å². The molecule has 0 aliphatic carbocycles. The summed E-state index contributed by atoms with van der Waals surface area (Å²) in [6.45, 7) is 1.37. The van der Waals surface area contributed by atoms with Crippen molar-refractivity contribution in [2.45, 2.75) is 37.3 Å². The topological polar surface area (TPSA) is 148 Å². The number of hydrogen-bond donors (Lipinski definition) is 4. The van der Waals surface area contributed by atoms with E-state index >= 15 is 0 Å². The first kappa shape index (κ1) is 18.1. The van der Waals surface area contributed by atoms with Gasteiger partial charge < -0.3 is 30.2 Å². The fourth-order valence-corrected chi connectivity index (χ4v) is 3.14. The van der Waals surface area contributed by atoms with Crippen LogP contribution in [0.25, 0.3) is 0 Å². The quantitative estimate of drug-likeness (QED) is 0.331. The van der Waals surface area contributed by atoms with E-state index in [-0.39, 0.29) is 19.0 Å². The van der Waals surface area contributed by atoms with E-state index < -0.39 is 36.9 Å². The molecule has 2 aliphatic heterocycles. The van der Waals surface area contributed by atoms with Crippen LogP contribution in [0.3, 0.4) is 0 Å². The lowest BCUT2D eigenvalue weighted by Gasteiger charge is -2.31. The highest BCUT2D eigenvalue weighted by Gasteiger charge is 2.54. The Kier molecular flexibility index (Phi) is 5.32. The summed E-state index contributed by atoms with van der Waals surface area (Å²) in [5.41, 5.74) is 7.86. The van der Waals surface area contributed by atoms with E-state index in [0.717, 1.165) is 6.42 Å². The number of nitrogens with two attached hydrogens (primary N) is 2. The Morgan fingerprint density at radius 1 is 1.65 bits per heavy atom. The third kappa shape index (κ3) is 3.51. The molecule has 2 aliphatic rings. The Hall–Kier alpha value is -1.20. The van der Waals surface area contributed by atoms with Crippen molar-refractivity contribution in [2.75, 3.05) is 26.3 Å². The van der Waals surface area contributed by atoms with Gasteiger partial charge in [-0.3, -0.25) is 15.3 Å². The highest BCUT2D eigenvalue weighted by Crippen LogP contribution is 2.34. The molecule has 3 atom stereocenters. The zero-order valence-electron chi connectivity index (χ0n) is 13.2. The van der Waals surface area contributed by atoms with Gasteiger partial charge in [0, 0.05) is 25.6 Å². The van der Waals surface area contributed by atoms with Gasteiger partial charge in [-0.1, -0.05) is 6.42 Å². The number of aliphatic hydroxyl groups is 2. The van der Waals surface area contributed by atoms with Crippen molar-refractivity contribution in [1.29, 1.82) is 0 Å². The molecule has 6 N–H and O–H groups in total. The molecule has 0 aromatic carbocycles. The summed E-state index contributed by atoms with van der Waals surface area (Å²) in [7, 11) is -0.637. The predicted molar refractivity (Wildman–Crippen MR) is 80.7 cm³/mol. The van der Waals surface area contributed by atoms with Crippen molar-refractivity contribution in [3.63, 3.8) is 0 Å². The highest BCUT2D eigenvalue weighted by molar-refractivity contribution is 6.47. The molecule has 2 fully saturated rings. The SMILES string of the molecule is CCOB1CCC[C@H]2CN(C(=O)C(N)(O)CO)C[C@@]2(N)C(=O)O1. The minimum atomic E-state index is -2.38. The average Bonchev–Trinajstić information content (AvgIpc) is 2.83. The molecule has 1 unspecified atom stereocenters. The lowest BCUT2D eigenvalue weighted by molar-refractivity contribution is -0.154. The maximum Gasteiger partial charge on any atom is 0.527 e. The second-order valence-electron chi connectivity index (χ2n) is 6.23. The van der Waals surface area contributed by atoms with Crippen LogP contribution >= 0.6 is 0 Å². The molecule has 0 aromatic heterocycles. The first-order chi connectivity index (χ1) is 10.7. The molecule has 0 aromatic rings. The van der Waals surface area contributed by atoms with Gasteiger partial charge in [-0.25, -0.2) is 0 Å². The van der Waals surface area contributed by atoms with E-state index in [4.69, 9.17) is 25.9 Å². The molecular weight excluding hydrogens is 305 g/mol. The molecule has 9 nitrogen and oxygen atoms in total. The van der Waals surface area contributed by atoms with E-state index in [0.29, 0.717) is 19.3 Å². The summed E-state index contributed by atoms with van der Waals surface area (Å²) in [6.07, 6.45) is 1.93. The van der Waals surface area contributed by atoms with Crippen LogP contribution in [0.15, 0.2) is 0 Å². The van der Waals surface area contributed by atoms with Crippen molar-refractivity contribution >= 4 is 19.0 Å². The summed E-state index contributed by atoms with van der Waals surface area (Å²) in [4.78, 5) is 25.8. The van der Waals surface area contributed by atoms with Gasteiger partial charge in [-0.15, -0.1) is 0 Å². The van der Waals surface area contributed by atoms with E-state index in [1.54, 1.807) is 6.92 Å².